The van der Waals surface area contributed by atoms with Gasteiger partial charge in [-0.2, -0.15) is 5.10 Å². The second-order valence-electron chi connectivity index (χ2n) is 6.25. The van der Waals surface area contributed by atoms with Crippen LogP contribution in [0.5, 0.6) is 17.2 Å². The molecule has 0 radical (unpaired) electrons. The van der Waals surface area contributed by atoms with Crippen LogP contribution in [0, 0.1) is 0 Å². The highest BCUT2D eigenvalue weighted by atomic mass is 35.5. The monoisotopic (exact) mass is 510 g/mol. The number of hydrogen-bond donors (Lipinski definition) is 1. The maximum absolute atomic E-state index is 12.0. The number of nitrogens with zero attached hydrogens (tertiary/aromatic N) is 3. The molecule has 33 heavy (non-hydrogen) atoms. The van der Waals surface area contributed by atoms with Crippen LogP contribution in [0.25, 0.3) is 0 Å². The third-order valence-corrected chi connectivity index (χ3v) is 5.26. The average Bonchev–Trinajstić information content (AvgIpc) is 3.26. The Balaban J connectivity index is 1.44. The van der Waals surface area contributed by atoms with E-state index < -0.39 is 0 Å². The van der Waals surface area contributed by atoms with E-state index in [2.05, 4.69) is 20.7 Å². The zero-order chi connectivity index (χ0) is 23.6. The summed E-state index contributed by atoms with van der Waals surface area (Å²) < 4.78 is 21.7. The van der Waals surface area contributed by atoms with Gasteiger partial charge in [0.15, 0.2) is 18.1 Å². The van der Waals surface area contributed by atoms with Crippen molar-refractivity contribution in [1.82, 2.24) is 15.6 Å². The second kappa shape index (κ2) is 12.3. The summed E-state index contributed by atoms with van der Waals surface area (Å²) in [5.74, 6) is 1.60. The molecule has 1 heterocycles. The van der Waals surface area contributed by atoms with E-state index in [1.165, 1.54) is 6.21 Å². The molecule has 0 fully saturated rings. The number of methoxy groups -OCH3 is 1. The molecule has 1 N–H and O–H groups in total. The van der Waals surface area contributed by atoms with Crippen LogP contribution in [-0.4, -0.2) is 41.8 Å². The van der Waals surface area contributed by atoms with Gasteiger partial charge in [0, 0.05) is 5.02 Å². The van der Waals surface area contributed by atoms with E-state index >= 15 is 0 Å². The average molecular weight is 511 g/mol. The zero-order valence-corrected chi connectivity index (χ0v) is 20.0. The molecule has 2 aromatic carbocycles. The van der Waals surface area contributed by atoms with Crippen molar-refractivity contribution in [3.63, 3.8) is 0 Å². The fourth-order valence-electron chi connectivity index (χ4n) is 2.46. The van der Waals surface area contributed by atoms with Gasteiger partial charge < -0.3 is 18.6 Å². The van der Waals surface area contributed by atoms with Crippen molar-refractivity contribution in [3.05, 3.63) is 57.9 Å². The SMILES string of the molecule is CCOc1ccc(/C=N\NC(=O)CSc2nnc(COc3ccc(Cl)cc3Cl)o2)cc1OC. The van der Waals surface area contributed by atoms with Crippen LogP contribution in [0.15, 0.2) is 51.1 Å². The summed E-state index contributed by atoms with van der Waals surface area (Å²) in [5.41, 5.74) is 3.18. The molecule has 1 aromatic heterocycles. The number of hydrazone groups is 1. The number of benzene rings is 2. The molecule has 3 aromatic rings. The summed E-state index contributed by atoms with van der Waals surface area (Å²) >= 11 is 13.0. The number of nitrogens with one attached hydrogen (secondary N) is 1. The van der Waals surface area contributed by atoms with Crippen molar-refractivity contribution in [3.8, 4) is 17.2 Å². The number of thioether (sulfide) groups is 1. The third-order valence-electron chi connectivity index (χ3n) is 3.91. The van der Waals surface area contributed by atoms with Crippen LogP contribution in [0.2, 0.25) is 10.0 Å². The summed E-state index contributed by atoms with van der Waals surface area (Å²) in [6.07, 6.45) is 1.50. The highest BCUT2D eigenvalue weighted by Crippen LogP contribution is 2.29. The predicted octanol–water partition coefficient (Wildman–Crippen LogP) is 4.61. The number of hydrogen-bond acceptors (Lipinski definition) is 9. The lowest BCUT2D eigenvalue weighted by atomic mass is 10.2. The summed E-state index contributed by atoms with van der Waals surface area (Å²) in [4.78, 5) is 12.0. The Morgan fingerprint density at radius 3 is 2.73 bits per heavy atom. The van der Waals surface area contributed by atoms with Crippen LogP contribution in [0.4, 0.5) is 0 Å². The van der Waals surface area contributed by atoms with Crippen molar-refractivity contribution >= 4 is 47.1 Å². The molecule has 0 aliphatic carbocycles. The van der Waals surface area contributed by atoms with Gasteiger partial charge in [0.1, 0.15) is 5.75 Å². The van der Waals surface area contributed by atoms with E-state index in [1.807, 2.05) is 6.92 Å². The highest BCUT2D eigenvalue weighted by molar-refractivity contribution is 7.99. The van der Waals surface area contributed by atoms with E-state index in [9.17, 15) is 4.79 Å². The number of carbonyl (C=O) groups is 1. The van der Waals surface area contributed by atoms with Crippen molar-refractivity contribution < 1.29 is 23.4 Å². The van der Waals surface area contributed by atoms with Crippen LogP contribution < -0.4 is 19.6 Å². The molecule has 0 atom stereocenters. The molecule has 174 valence electrons. The van der Waals surface area contributed by atoms with E-state index in [-0.39, 0.29) is 29.4 Å². The Morgan fingerprint density at radius 1 is 1.15 bits per heavy atom. The largest absolute Gasteiger partial charge is 0.493 e. The topological polar surface area (TPSA) is 108 Å². The third kappa shape index (κ3) is 7.55. The summed E-state index contributed by atoms with van der Waals surface area (Å²) in [6.45, 7) is 2.45. The van der Waals surface area contributed by atoms with Crippen LogP contribution in [0.1, 0.15) is 18.4 Å². The Bertz CT molecular complexity index is 1130. The van der Waals surface area contributed by atoms with Gasteiger partial charge in [0.05, 0.1) is 30.7 Å². The Hall–Kier alpha value is -2.95. The van der Waals surface area contributed by atoms with Crippen molar-refractivity contribution in [1.29, 1.82) is 0 Å². The number of amides is 1. The van der Waals surface area contributed by atoms with Gasteiger partial charge in [0.2, 0.25) is 0 Å². The normalized spacial score (nSPS) is 10.9. The molecule has 0 saturated heterocycles. The lowest BCUT2D eigenvalue weighted by Crippen LogP contribution is -2.19. The minimum Gasteiger partial charge on any atom is -0.493 e. The van der Waals surface area contributed by atoms with E-state index in [0.717, 1.165) is 17.3 Å². The standard InChI is InChI=1S/C21H20Cl2N4O5S/c1-3-30-17-6-4-13(8-18(17)29-2)10-24-25-19(28)12-33-21-27-26-20(32-21)11-31-16-7-5-14(22)9-15(16)23/h4-10H,3,11-12H2,1-2H3,(H,25,28)/b24-10-. The van der Waals surface area contributed by atoms with Crippen molar-refractivity contribution in [2.24, 2.45) is 5.10 Å². The Kier molecular flexibility index (Phi) is 9.23. The molecule has 0 bridgehead atoms. The number of carbonyl (C=O) groups excluding carboxylic acids is 1. The molecule has 3 rings (SSSR count). The molecule has 12 heteroatoms. The van der Waals surface area contributed by atoms with E-state index in [0.29, 0.717) is 33.9 Å². The van der Waals surface area contributed by atoms with Crippen LogP contribution in [0.3, 0.4) is 0 Å². The molecule has 1 amide bonds. The van der Waals surface area contributed by atoms with Crippen LogP contribution >= 0.6 is 35.0 Å². The first-order chi connectivity index (χ1) is 16.0. The van der Waals surface area contributed by atoms with Gasteiger partial charge in [-0.1, -0.05) is 35.0 Å². The Morgan fingerprint density at radius 2 is 1.97 bits per heavy atom. The van der Waals surface area contributed by atoms with Crippen molar-refractivity contribution in [2.75, 3.05) is 19.5 Å². The Labute approximate surface area is 204 Å². The minimum absolute atomic E-state index is 0.0248. The molecule has 0 unspecified atom stereocenters. The van der Waals surface area contributed by atoms with Crippen molar-refractivity contribution in [2.45, 2.75) is 18.8 Å². The van der Waals surface area contributed by atoms with Gasteiger partial charge in [-0.25, -0.2) is 5.43 Å². The molecule has 0 spiro atoms. The molecular formula is C21H20Cl2N4O5S. The lowest BCUT2D eigenvalue weighted by molar-refractivity contribution is -0.118. The molecule has 0 aliphatic heterocycles. The number of ether oxygens (including phenoxy) is 3. The van der Waals surface area contributed by atoms with Gasteiger partial charge in [-0.3, -0.25) is 4.79 Å². The van der Waals surface area contributed by atoms with Crippen LogP contribution in [-0.2, 0) is 11.4 Å². The van der Waals surface area contributed by atoms with Gasteiger partial charge in [-0.05, 0) is 48.9 Å². The smallest absolute Gasteiger partial charge is 0.277 e. The first kappa shape index (κ1) is 24.7. The maximum Gasteiger partial charge on any atom is 0.277 e. The molecule has 0 saturated carbocycles. The van der Waals surface area contributed by atoms with Gasteiger partial charge in [-0.15, -0.1) is 10.2 Å². The summed E-state index contributed by atoms with van der Waals surface area (Å²) in [6, 6.07) is 10.2. The first-order valence-electron chi connectivity index (χ1n) is 9.64. The van der Waals surface area contributed by atoms with Gasteiger partial charge in [0.25, 0.3) is 17.0 Å². The second-order valence-corrected chi connectivity index (χ2v) is 8.02. The van der Waals surface area contributed by atoms with E-state index in [4.69, 9.17) is 41.8 Å². The number of halogens is 2. The minimum atomic E-state index is -0.335. The maximum atomic E-state index is 12.0. The van der Waals surface area contributed by atoms with Gasteiger partial charge >= 0.3 is 0 Å². The highest BCUT2D eigenvalue weighted by Gasteiger charge is 2.11. The zero-order valence-electron chi connectivity index (χ0n) is 17.7. The molecule has 0 aliphatic rings. The van der Waals surface area contributed by atoms with E-state index in [1.54, 1.807) is 43.5 Å². The molecular weight excluding hydrogens is 491 g/mol. The number of aromatic nitrogens is 2. The predicted molar refractivity (Wildman–Crippen MR) is 126 cm³/mol. The number of rotatable bonds is 11. The first-order valence-corrected chi connectivity index (χ1v) is 11.4. The quantitative estimate of drug-likeness (QED) is 0.226. The fourth-order valence-corrected chi connectivity index (χ4v) is 3.50. The summed E-state index contributed by atoms with van der Waals surface area (Å²) in [7, 11) is 1.56. The summed E-state index contributed by atoms with van der Waals surface area (Å²) in [5, 5.41) is 12.8. The molecule has 9 nitrogen and oxygen atoms in total. The lowest BCUT2D eigenvalue weighted by Gasteiger charge is -2.09. The fraction of sp³-hybridized carbons (Fsp3) is 0.238.